The number of para-hydroxylation sites is 1. The first-order valence-electron chi connectivity index (χ1n) is 28.1. The number of aromatic nitrogens is 1. The van der Waals surface area contributed by atoms with Crippen LogP contribution in [0.2, 0.25) is 0 Å². The van der Waals surface area contributed by atoms with Crippen LogP contribution in [0.4, 0.5) is 17.1 Å². The molecule has 0 aliphatic heterocycles. The van der Waals surface area contributed by atoms with Gasteiger partial charge in [-0.05, 0) is 176 Å². The summed E-state index contributed by atoms with van der Waals surface area (Å²) in [5, 5.41) is 2.48. The highest BCUT2D eigenvalue weighted by atomic mass is 15.1. The third-order valence-electron chi connectivity index (χ3n) is 17.5. The highest BCUT2D eigenvalue weighted by Crippen LogP contribution is 2.58. The minimum Gasteiger partial charge on any atom is -0.310 e. The number of aryl methyl sites for hydroxylation is 2. The van der Waals surface area contributed by atoms with Crippen molar-refractivity contribution < 1.29 is 0 Å². The Morgan fingerprint density at radius 1 is 0.300 bits per heavy atom. The summed E-state index contributed by atoms with van der Waals surface area (Å²) in [7, 11) is 0. The average molecular weight is 1020 g/mol. The largest absolute Gasteiger partial charge is 0.310 e. The first-order chi connectivity index (χ1) is 39.2. The molecular weight excluding hydrogens is 965 g/mol. The molecule has 380 valence electrons. The van der Waals surface area contributed by atoms with Crippen molar-refractivity contribution in [2.45, 2.75) is 38.5 Å². The third-order valence-corrected chi connectivity index (χ3v) is 17.5. The first kappa shape index (κ1) is 47.5. The number of hydrogen-bond donors (Lipinski definition) is 0. The van der Waals surface area contributed by atoms with Crippen molar-refractivity contribution in [3.05, 3.63) is 324 Å². The van der Waals surface area contributed by atoms with Crippen LogP contribution in [0, 0.1) is 13.8 Å². The summed E-state index contributed by atoms with van der Waals surface area (Å²) in [6.07, 6.45) is 0. The van der Waals surface area contributed by atoms with E-state index in [2.05, 4.69) is 316 Å². The molecule has 15 rings (SSSR count). The van der Waals surface area contributed by atoms with Crippen LogP contribution in [0.3, 0.4) is 0 Å². The zero-order chi connectivity index (χ0) is 53.7. The van der Waals surface area contributed by atoms with Crippen molar-refractivity contribution in [1.82, 2.24) is 4.57 Å². The first-order valence-corrected chi connectivity index (χ1v) is 28.1. The summed E-state index contributed by atoms with van der Waals surface area (Å²) in [5.74, 6) is 0. The second-order valence-corrected chi connectivity index (χ2v) is 22.6. The molecule has 1 aromatic heterocycles. The second kappa shape index (κ2) is 18.4. The Labute approximate surface area is 469 Å². The second-order valence-electron chi connectivity index (χ2n) is 22.6. The van der Waals surface area contributed by atoms with E-state index in [1.54, 1.807) is 0 Å². The monoisotopic (exact) mass is 1020 g/mol. The Morgan fingerprint density at radius 3 is 1.46 bits per heavy atom. The van der Waals surface area contributed by atoms with Crippen LogP contribution in [-0.2, 0) is 10.8 Å². The molecule has 2 nitrogen and oxygen atoms in total. The predicted octanol–water partition coefficient (Wildman–Crippen LogP) is 20.5. The van der Waals surface area contributed by atoms with Gasteiger partial charge in [0.25, 0.3) is 0 Å². The summed E-state index contributed by atoms with van der Waals surface area (Å²) in [5.41, 5.74) is 29.1. The number of fused-ring (bicyclic) bond motifs is 9. The lowest BCUT2D eigenvalue weighted by atomic mass is 9.67. The van der Waals surface area contributed by atoms with Gasteiger partial charge in [0.05, 0.1) is 16.4 Å². The van der Waals surface area contributed by atoms with E-state index < -0.39 is 5.41 Å². The van der Waals surface area contributed by atoms with Crippen LogP contribution in [-0.4, -0.2) is 4.57 Å². The highest BCUT2D eigenvalue weighted by molar-refractivity contribution is 6.10. The molecule has 0 saturated carbocycles. The standard InChI is InChI=1S/C78H58N2/c1-51-44-52(2)46-58(45-51)57-32-40-66-67-41-39-64(49-73(67)77(3,4)72(66)48-57)80-75-27-17-15-25-69(75)70-47-56(33-43-76(70)80)55-30-36-62(37-31-55)79(61-34-28-54(29-35-61)53-18-8-5-9-19-53)63-38-42-68-65-24-14-16-26-71(65)78(74(68)50-63,59-20-10-6-11-21-59)60-22-12-7-13-23-60/h5-50H,1-4H3. The zero-order valence-corrected chi connectivity index (χ0v) is 45.5. The molecule has 2 heteroatoms. The van der Waals surface area contributed by atoms with E-state index >= 15 is 0 Å². The maximum Gasteiger partial charge on any atom is 0.0714 e. The fraction of sp³-hybridized carbons (Fsp3) is 0.0769. The van der Waals surface area contributed by atoms with Crippen molar-refractivity contribution in [2.75, 3.05) is 4.90 Å². The number of hydrogen-bond acceptors (Lipinski definition) is 1. The lowest BCUT2D eigenvalue weighted by Gasteiger charge is -2.35. The van der Waals surface area contributed by atoms with E-state index in [1.165, 1.54) is 128 Å². The van der Waals surface area contributed by atoms with Gasteiger partial charge in [0.15, 0.2) is 0 Å². The minimum atomic E-state index is -0.520. The summed E-state index contributed by atoms with van der Waals surface area (Å²) in [4.78, 5) is 2.43. The van der Waals surface area contributed by atoms with E-state index in [-0.39, 0.29) is 5.41 Å². The van der Waals surface area contributed by atoms with Crippen LogP contribution in [0.5, 0.6) is 0 Å². The van der Waals surface area contributed by atoms with Gasteiger partial charge in [-0.15, -0.1) is 0 Å². The van der Waals surface area contributed by atoms with Gasteiger partial charge in [-0.2, -0.15) is 0 Å². The maximum atomic E-state index is 2.47. The Hall–Kier alpha value is -9.76. The predicted molar refractivity (Wildman–Crippen MR) is 336 cm³/mol. The van der Waals surface area contributed by atoms with E-state index in [0.29, 0.717) is 0 Å². The van der Waals surface area contributed by atoms with Gasteiger partial charge in [-0.1, -0.05) is 231 Å². The Balaban J connectivity index is 0.824. The molecule has 2 aliphatic carbocycles. The molecule has 0 unspecified atom stereocenters. The zero-order valence-electron chi connectivity index (χ0n) is 45.5. The summed E-state index contributed by atoms with van der Waals surface area (Å²) in [6.45, 7) is 9.17. The molecule has 0 bridgehead atoms. The molecule has 13 aromatic rings. The summed E-state index contributed by atoms with van der Waals surface area (Å²) < 4.78 is 2.47. The van der Waals surface area contributed by atoms with Gasteiger partial charge in [0, 0.05) is 38.9 Å². The number of benzene rings is 12. The Kier molecular flexibility index (Phi) is 10.9. The van der Waals surface area contributed by atoms with Crippen LogP contribution >= 0.6 is 0 Å². The van der Waals surface area contributed by atoms with E-state index in [1.807, 2.05) is 0 Å². The lowest BCUT2D eigenvalue weighted by Crippen LogP contribution is -2.28. The molecule has 0 atom stereocenters. The fourth-order valence-corrected chi connectivity index (χ4v) is 13.9. The van der Waals surface area contributed by atoms with Gasteiger partial charge in [0.1, 0.15) is 0 Å². The molecule has 0 radical (unpaired) electrons. The van der Waals surface area contributed by atoms with Crippen molar-refractivity contribution in [3.63, 3.8) is 0 Å². The molecule has 0 saturated heterocycles. The summed E-state index contributed by atoms with van der Waals surface area (Å²) in [6, 6.07) is 104. The Morgan fingerprint density at radius 2 is 0.775 bits per heavy atom. The molecule has 1 heterocycles. The fourth-order valence-electron chi connectivity index (χ4n) is 13.9. The van der Waals surface area contributed by atoms with Crippen LogP contribution in [0.1, 0.15) is 58.4 Å². The molecule has 0 spiro atoms. The van der Waals surface area contributed by atoms with E-state index in [0.717, 1.165) is 17.1 Å². The molecule has 80 heavy (non-hydrogen) atoms. The van der Waals surface area contributed by atoms with Gasteiger partial charge >= 0.3 is 0 Å². The van der Waals surface area contributed by atoms with Crippen LogP contribution < -0.4 is 4.90 Å². The number of nitrogens with zero attached hydrogens (tertiary/aromatic N) is 2. The highest BCUT2D eigenvalue weighted by Gasteiger charge is 2.46. The molecule has 0 fully saturated rings. The summed E-state index contributed by atoms with van der Waals surface area (Å²) >= 11 is 0. The van der Waals surface area contributed by atoms with Gasteiger partial charge in [-0.25, -0.2) is 0 Å². The van der Waals surface area contributed by atoms with Gasteiger partial charge in [-0.3, -0.25) is 0 Å². The lowest BCUT2D eigenvalue weighted by molar-refractivity contribution is 0.660. The van der Waals surface area contributed by atoms with Crippen molar-refractivity contribution in [2.24, 2.45) is 0 Å². The van der Waals surface area contributed by atoms with E-state index in [9.17, 15) is 0 Å². The van der Waals surface area contributed by atoms with Gasteiger partial charge in [0.2, 0.25) is 0 Å². The van der Waals surface area contributed by atoms with Crippen molar-refractivity contribution in [3.8, 4) is 61.3 Å². The van der Waals surface area contributed by atoms with Crippen LogP contribution in [0.15, 0.2) is 279 Å². The average Bonchev–Trinajstić information content (AvgIpc) is 4.08. The smallest absolute Gasteiger partial charge is 0.0714 e. The topological polar surface area (TPSA) is 8.17 Å². The van der Waals surface area contributed by atoms with Gasteiger partial charge < -0.3 is 9.47 Å². The minimum absolute atomic E-state index is 0.170. The molecule has 0 amide bonds. The quantitative estimate of drug-likeness (QED) is 0.140. The van der Waals surface area contributed by atoms with Crippen LogP contribution in [0.25, 0.3) is 83.1 Å². The molecular formula is C78H58N2. The molecule has 12 aromatic carbocycles. The molecule has 0 N–H and O–H groups in total. The van der Waals surface area contributed by atoms with Crippen molar-refractivity contribution in [1.29, 1.82) is 0 Å². The SMILES string of the molecule is Cc1cc(C)cc(-c2ccc3c(c2)C(C)(C)c2cc(-n4c5ccccc5c5cc(-c6ccc(N(c7ccc(-c8ccccc8)cc7)c7ccc8c(c7)C(c7ccccc7)(c7ccccc7)c7ccccc7-8)cc6)ccc54)ccc2-3)c1. The molecule has 2 aliphatic rings. The van der Waals surface area contributed by atoms with E-state index in [4.69, 9.17) is 0 Å². The Bertz CT molecular complexity index is 4490. The third kappa shape index (κ3) is 7.40. The number of rotatable bonds is 9. The van der Waals surface area contributed by atoms with Crippen molar-refractivity contribution >= 4 is 38.9 Å². The maximum absolute atomic E-state index is 2.47. The normalized spacial score (nSPS) is 13.4. The number of anilines is 3.